The summed E-state index contributed by atoms with van der Waals surface area (Å²) in [5.41, 5.74) is 2.07. The summed E-state index contributed by atoms with van der Waals surface area (Å²) in [6.07, 6.45) is 2.52. The van der Waals surface area contributed by atoms with Crippen LogP contribution in [0.3, 0.4) is 0 Å². The Bertz CT molecular complexity index is 778. The van der Waals surface area contributed by atoms with Crippen molar-refractivity contribution in [2.45, 2.75) is 13.3 Å². The lowest BCUT2D eigenvalue weighted by Crippen LogP contribution is -2.19. The number of halogens is 1. The van der Waals surface area contributed by atoms with Gasteiger partial charge in [-0.05, 0) is 34.9 Å². The second-order valence-corrected chi connectivity index (χ2v) is 5.94. The second-order valence-electron chi connectivity index (χ2n) is 4.78. The molecule has 4 heteroatoms. The Morgan fingerprint density at radius 1 is 1.25 bits per heavy atom. The number of hydrogen-bond acceptors (Lipinski definition) is 2. The number of rotatable bonds is 3. The predicted octanol–water partition coefficient (Wildman–Crippen LogP) is 4.33. The Balaban J connectivity index is 2.04. The van der Waals surface area contributed by atoms with Crippen LogP contribution in [-0.4, -0.2) is 15.6 Å². The van der Waals surface area contributed by atoms with E-state index in [4.69, 9.17) is 4.42 Å². The minimum absolute atomic E-state index is 0.0714. The molecule has 0 atom stereocenters. The van der Waals surface area contributed by atoms with Gasteiger partial charge in [0.2, 0.25) is 5.91 Å². The zero-order valence-corrected chi connectivity index (χ0v) is 13.3. The van der Waals surface area contributed by atoms with Crippen LogP contribution < -0.4 is 0 Å². The molecule has 102 valence electrons. The maximum absolute atomic E-state index is 11.3. The van der Waals surface area contributed by atoms with Gasteiger partial charge in [-0.1, -0.05) is 24.3 Å². The van der Waals surface area contributed by atoms with Crippen LogP contribution in [0.15, 0.2) is 47.1 Å². The normalized spacial score (nSPS) is 11.1. The van der Waals surface area contributed by atoms with Crippen molar-refractivity contribution in [3.8, 4) is 0 Å². The lowest BCUT2D eigenvalue weighted by Gasteiger charge is -2.12. The summed E-state index contributed by atoms with van der Waals surface area (Å²) in [4.78, 5) is 11.3. The Kier molecular flexibility index (Phi) is 3.65. The highest BCUT2D eigenvalue weighted by atomic mass is 127. The van der Waals surface area contributed by atoms with Crippen LogP contribution in [0.5, 0.6) is 0 Å². The number of furan rings is 1. The van der Waals surface area contributed by atoms with Gasteiger partial charge in [0.25, 0.3) is 0 Å². The molecule has 0 aliphatic heterocycles. The van der Waals surface area contributed by atoms with Crippen LogP contribution in [0, 0.1) is 0 Å². The van der Waals surface area contributed by atoms with Crippen molar-refractivity contribution in [2.75, 3.05) is 6.54 Å². The lowest BCUT2D eigenvalue weighted by atomic mass is 10.0. The molecule has 0 saturated heterocycles. The monoisotopic (exact) mass is 379 g/mol. The number of fused-ring (bicyclic) bond motifs is 3. The van der Waals surface area contributed by atoms with E-state index in [1.165, 1.54) is 10.8 Å². The molecule has 2 aromatic carbocycles. The number of carbonyl (C=O) groups excluding carboxylic acids is 1. The number of nitrogens with zero attached hydrogens (tertiary/aromatic N) is 1. The zero-order valence-electron chi connectivity index (χ0n) is 11.1. The third kappa shape index (κ3) is 2.40. The van der Waals surface area contributed by atoms with Crippen molar-refractivity contribution in [3.05, 3.63) is 48.2 Å². The van der Waals surface area contributed by atoms with Crippen LogP contribution in [-0.2, 0) is 11.2 Å². The van der Waals surface area contributed by atoms with Crippen molar-refractivity contribution in [3.63, 3.8) is 0 Å². The Morgan fingerprint density at radius 3 is 2.85 bits per heavy atom. The minimum Gasteiger partial charge on any atom is -0.464 e. The average Bonchev–Trinajstić information content (AvgIpc) is 2.94. The molecular formula is C16H14INO2. The number of hydrogen-bond donors (Lipinski definition) is 0. The van der Waals surface area contributed by atoms with E-state index in [0.29, 0.717) is 6.54 Å². The molecular weight excluding hydrogens is 365 g/mol. The van der Waals surface area contributed by atoms with Crippen molar-refractivity contribution in [1.29, 1.82) is 0 Å². The molecule has 20 heavy (non-hydrogen) atoms. The molecule has 0 bridgehead atoms. The van der Waals surface area contributed by atoms with Crippen LogP contribution >= 0.6 is 22.9 Å². The minimum atomic E-state index is 0.0714. The fourth-order valence-corrected chi connectivity index (χ4v) is 2.69. The first-order valence-corrected chi connectivity index (χ1v) is 7.45. The number of benzene rings is 2. The van der Waals surface area contributed by atoms with E-state index < -0.39 is 0 Å². The van der Waals surface area contributed by atoms with Gasteiger partial charge in [0.15, 0.2) is 0 Å². The summed E-state index contributed by atoms with van der Waals surface area (Å²) in [6.45, 7) is 2.26. The van der Waals surface area contributed by atoms with E-state index in [1.807, 2.05) is 18.2 Å². The molecule has 1 amide bonds. The predicted molar refractivity (Wildman–Crippen MR) is 88.8 cm³/mol. The van der Waals surface area contributed by atoms with Gasteiger partial charge in [-0.25, -0.2) is 0 Å². The number of amides is 1. The molecule has 0 spiro atoms. The Morgan fingerprint density at radius 2 is 2.05 bits per heavy atom. The Hall–Kier alpha value is -1.56. The average molecular weight is 379 g/mol. The van der Waals surface area contributed by atoms with Crippen LogP contribution in [0.1, 0.15) is 12.5 Å². The molecule has 0 fully saturated rings. The molecule has 0 saturated carbocycles. The highest BCUT2D eigenvalue weighted by molar-refractivity contribution is 14.1. The molecule has 1 aromatic heterocycles. The van der Waals surface area contributed by atoms with E-state index in [2.05, 4.69) is 41.1 Å². The van der Waals surface area contributed by atoms with Gasteiger partial charge in [-0.15, -0.1) is 0 Å². The first-order valence-electron chi connectivity index (χ1n) is 6.48. The van der Waals surface area contributed by atoms with Gasteiger partial charge in [0, 0.05) is 18.9 Å². The quantitative estimate of drug-likeness (QED) is 0.502. The van der Waals surface area contributed by atoms with E-state index in [-0.39, 0.29) is 5.91 Å². The number of carbonyl (C=O) groups is 1. The standard InChI is InChI=1S/C16H14INO2/c1-11(19)18(17)8-6-13-10-12-4-2-3-5-14(12)15-7-9-20-16(13)15/h2-5,7,9-10H,6,8H2,1H3. The molecule has 0 aliphatic carbocycles. The maximum Gasteiger partial charge on any atom is 0.228 e. The van der Waals surface area contributed by atoms with E-state index in [0.717, 1.165) is 23.0 Å². The third-order valence-electron chi connectivity index (χ3n) is 3.46. The SMILES string of the molecule is CC(=O)N(I)CCc1cc2ccccc2c2ccoc12. The third-order valence-corrected chi connectivity index (χ3v) is 4.62. The summed E-state index contributed by atoms with van der Waals surface area (Å²) in [5, 5.41) is 3.55. The van der Waals surface area contributed by atoms with Crippen LogP contribution in [0.2, 0.25) is 0 Å². The van der Waals surface area contributed by atoms with Crippen molar-refractivity contribution < 1.29 is 9.21 Å². The van der Waals surface area contributed by atoms with Crippen molar-refractivity contribution in [1.82, 2.24) is 3.11 Å². The summed E-state index contributed by atoms with van der Waals surface area (Å²) in [6, 6.07) is 12.5. The fraction of sp³-hybridized carbons (Fsp3) is 0.188. The van der Waals surface area contributed by atoms with E-state index >= 15 is 0 Å². The first-order chi connectivity index (χ1) is 9.66. The van der Waals surface area contributed by atoms with Gasteiger partial charge in [-0.3, -0.25) is 7.91 Å². The van der Waals surface area contributed by atoms with E-state index in [9.17, 15) is 4.79 Å². The topological polar surface area (TPSA) is 33.5 Å². The fourth-order valence-electron chi connectivity index (χ4n) is 2.45. The molecule has 0 aliphatic rings. The molecule has 3 rings (SSSR count). The highest BCUT2D eigenvalue weighted by Crippen LogP contribution is 2.30. The summed E-state index contributed by atoms with van der Waals surface area (Å²) >= 11 is 2.05. The summed E-state index contributed by atoms with van der Waals surface area (Å²) in [5.74, 6) is 0.0714. The largest absolute Gasteiger partial charge is 0.464 e. The second kappa shape index (κ2) is 5.44. The molecule has 0 unspecified atom stereocenters. The maximum atomic E-state index is 11.3. The first kappa shape index (κ1) is 13.4. The lowest BCUT2D eigenvalue weighted by molar-refractivity contribution is -0.122. The van der Waals surface area contributed by atoms with Crippen LogP contribution in [0.4, 0.5) is 0 Å². The molecule has 0 radical (unpaired) electrons. The smallest absolute Gasteiger partial charge is 0.228 e. The van der Waals surface area contributed by atoms with Gasteiger partial charge < -0.3 is 4.42 Å². The van der Waals surface area contributed by atoms with Crippen molar-refractivity contribution in [2.24, 2.45) is 0 Å². The zero-order chi connectivity index (χ0) is 14.1. The van der Waals surface area contributed by atoms with Gasteiger partial charge in [0.05, 0.1) is 29.1 Å². The van der Waals surface area contributed by atoms with Crippen LogP contribution in [0.25, 0.3) is 21.7 Å². The summed E-state index contributed by atoms with van der Waals surface area (Å²) in [7, 11) is 0. The molecule has 0 N–H and O–H groups in total. The molecule has 3 aromatic rings. The highest BCUT2D eigenvalue weighted by Gasteiger charge is 2.11. The Labute approximate surface area is 131 Å². The summed E-state index contributed by atoms with van der Waals surface area (Å²) < 4.78 is 7.34. The van der Waals surface area contributed by atoms with Gasteiger partial charge in [-0.2, -0.15) is 0 Å². The van der Waals surface area contributed by atoms with Gasteiger partial charge >= 0.3 is 0 Å². The molecule has 1 heterocycles. The molecule has 3 nitrogen and oxygen atoms in total. The van der Waals surface area contributed by atoms with E-state index in [1.54, 1.807) is 16.3 Å². The van der Waals surface area contributed by atoms with Gasteiger partial charge in [0.1, 0.15) is 5.58 Å². The van der Waals surface area contributed by atoms with Crippen molar-refractivity contribution >= 4 is 50.5 Å².